The fourth-order valence-electron chi connectivity index (χ4n) is 1.59. The summed E-state index contributed by atoms with van der Waals surface area (Å²) in [6.07, 6.45) is 1.92. The number of likely N-dealkylation sites (N-methyl/N-ethyl adjacent to an activating group) is 1. The summed E-state index contributed by atoms with van der Waals surface area (Å²) < 4.78 is 23.8. The van der Waals surface area contributed by atoms with Crippen molar-refractivity contribution in [1.82, 2.24) is 9.21 Å². The number of amides is 1. The zero-order chi connectivity index (χ0) is 10.9. The molecular weight excluding hydrogens is 204 g/mol. The van der Waals surface area contributed by atoms with E-state index in [0.717, 1.165) is 6.42 Å². The van der Waals surface area contributed by atoms with Gasteiger partial charge in [-0.1, -0.05) is 0 Å². The Bertz CT molecular complexity index is 325. The Labute approximate surface area is 84.7 Å². The van der Waals surface area contributed by atoms with Gasteiger partial charge in [0.1, 0.15) is 0 Å². The van der Waals surface area contributed by atoms with Crippen molar-refractivity contribution in [3.63, 3.8) is 0 Å². The first-order chi connectivity index (χ1) is 6.32. The maximum atomic E-state index is 11.2. The van der Waals surface area contributed by atoms with E-state index in [1.807, 2.05) is 0 Å². The molecule has 1 heterocycles. The van der Waals surface area contributed by atoms with Gasteiger partial charge in [-0.15, -0.1) is 0 Å². The molecule has 1 amide bonds. The second-order valence-corrected chi connectivity index (χ2v) is 5.68. The number of hydrogen-bond donors (Lipinski definition) is 0. The summed E-state index contributed by atoms with van der Waals surface area (Å²) in [6.45, 7) is 2.43. The van der Waals surface area contributed by atoms with E-state index in [9.17, 15) is 13.2 Å². The molecule has 0 N–H and O–H groups in total. The van der Waals surface area contributed by atoms with Gasteiger partial charge >= 0.3 is 0 Å². The van der Waals surface area contributed by atoms with Crippen LogP contribution in [-0.2, 0) is 14.8 Å². The van der Waals surface area contributed by atoms with Crippen LogP contribution in [0.25, 0.3) is 0 Å². The average Bonchev–Trinajstić information content (AvgIpc) is 2.49. The van der Waals surface area contributed by atoms with E-state index in [4.69, 9.17) is 0 Å². The summed E-state index contributed by atoms with van der Waals surface area (Å²) >= 11 is 0. The van der Waals surface area contributed by atoms with Crippen molar-refractivity contribution < 1.29 is 13.2 Å². The summed E-state index contributed by atoms with van der Waals surface area (Å²) in [4.78, 5) is 12.6. The lowest BCUT2D eigenvalue weighted by Gasteiger charge is -2.22. The first-order valence-corrected chi connectivity index (χ1v) is 6.35. The molecule has 0 spiro atoms. The highest BCUT2D eigenvalue weighted by Gasteiger charge is 2.31. The number of hydrogen-bond acceptors (Lipinski definition) is 3. The number of nitrogens with zero attached hydrogens (tertiary/aromatic N) is 2. The molecule has 0 radical (unpaired) electrons. The van der Waals surface area contributed by atoms with Crippen LogP contribution in [0.15, 0.2) is 0 Å². The van der Waals surface area contributed by atoms with E-state index in [1.54, 1.807) is 11.9 Å². The molecular formula is C8H16N2O3S. The molecule has 0 aromatic carbocycles. The van der Waals surface area contributed by atoms with Gasteiger partial charge in [0.2, 0.25) is 15.9 Å². The van der Waals surface area contributed by atoms with Crippen LogP contribution in [0, 0.1) is 0 Å². The molecule has 1 aliphatic rings. The van der Waals surface area contributed by atoms with Crippen LogP contribution in [0.5, 0.6) is 0 Å². The van der Waals surface area contributed by atoms with Crippen molar-refractivity contribution in [3.8, 4) is 0 Å². The monoisotopic (exact) mass is 220 g/mol. The highest BCUT2D eigenvalue weighted by molar-refractivity contribution is 7.88. The second kappa shape index (κ2) is 3.86. The van der Waals surface area contributed by atoms with Gasteiger partial charge in [-0.3, -0.25) is 4.79 Å². The standard InChI is InChI=1S/C8H16N2O3S/c1-7(11)9(2)8-4-5-10(6-8)14(3,12)13/h8H,4-6H2,1-3H3. The van der Waals surface area contributed by atoms with Crippen molar-refractivity contribution in [2.24, 2.45) is 0 Å². The number of carbonyl (C=O) groups is 1. The molecule has 1 rings (SSSR count). The summed E-state index contributed by atoms with van der Waals surface area (Å²) in [5, 5.41) is 0. The average molecular weight is 220 g/mol. The van der Waals surface area contributed by atoms with Crippen LogP contribution >= 0.6 is 0 Å². The zero-order valence-corrected chi connectivity index (χ0v) is 9.54. The van der Waals surface area contributed by atoms with Crippen LogP contribution in [0.2, 0.25) is 0 Å². The second-order valence-electron chi connectivity index (χ2n) is 3.69. The Morgan fingerprint density at radius 1 is 1.50 bits per heavy atom. The summed E-state index contributed by atoms with van der Waals surface area (Å²) in [5.74, 6) is -0.0228. The number of sulfonamides is 1. The molecule has 0 saturated carbocycles. The molecule has 1 fully saturated rings. The lowest BCUT2D eigenvalue weighted by molar-refractivity contribution is -0.129. The Balaban J connectivity index is 2.62. The predicted octanol–water partition coefficient (Wildman–Crippen LogP) is -0.501. The first kappa shape index (κ1) is 11.5. The van der Waals surface area contributed by atoms with Crippen LogP contribution in [-0.4, -0.2) is 56.0 Å². The first-order valence-electron chi connectivity index (χ1n) is 4.51. The van der Waals surface area contributed by atoms with Gasteiger partial charge in [-0.05, 0) is 6.42 Å². The van der Waals surface area contributed by atoms with Crippen molar-refractivity contribution in [2.45, 2.75) is 19.4 Å². The molecule has 0 aromatic rings. The molecule has 1 unspecified atom stereocenters. The molecule has 82 valence electrons. The van der Waals surface area contributed by atoms with E-state index in [0.29, 0.717) is 13.1 Å². The highest BCUT2D eigenvalue weighted by Crippen LogP contribution is 2.16. The highest BCUT2D eigenvalue weighted by atomic mass is 32.2. The van der Waals surface area contributed by atoms with E-state index >= 15 is 0 Å². The third-order valence-electron chi connectivity index (χ3n) is 2.64. The number of rotatable bonds is 2. The van der Waals surface area contributed by atoms with Gasteiger partial charge in [0, 0.05) is 33.1 Å². The largest absolute Gasteiger partial charge is 0.342 e. The van der Waals surface area contributed by atoms with Crippen molar-refractivity contribution in [1.29, 1.82) is 0 Å². The van der Waals surface area contributed by atoms with E-state index in [1.165, 1.54) is 17.5 Å². The molecule has 0 aromatic heterocycles. The predicted molar refractivity (Wildman–Crippen MR) is 53.3 cm³/mol. The smallest absolute Gasteiger partial charge is 0.219 e. The maximum absolute atomic E-state index is 11.2. The van der Waals surface area contributed by atoms with E-state index in [-0.39, 0.29) is 11.9 Å². The van der Waals surface area contributed by atoms with Gasteiger partial charge in [0.25, 0.3) is 0 Å². The van der Waals surface area contributed by atoms with Crippen LogP contribution in [0.4, 0.5) is 0 Å². The minimum atomic E-state index is -3.10. The minimum absolute atomic E-state index is 0.0228. The van der Waals surface area contributed by atoms with Gasteiger partial charge in [-0.25, -0.2) is 12.7 Å². The molecule has 5 nitrogen and oxygen atoms in total. The van der Waals surface area contributed by atoms with Crippen LogP contribution in [0.1, 0.15) is 13.3 Å². The fourth-order valence-corrected chi connectivity index (χ4v) is 2.47. The van der Waals surface area contributed by atoms with Crippen molar-refractivity contribution in [2.75, 3.05) is 26.4 Å². The van der Waals surface area contributed by atoms with Gasteiger partial charge in [0.05, 0.1) is 6.26 Å². The third-order valence-corrected chi connectivity index (χ3v) is 3.91. The Hall–Kier alpha value is -0.620. The van der Waals surface area contributed by atoms with Crippen LogP contribution < -0.4 is 0 Å². The lowest BCUT2D eigenvalue weighted by Crippen LogP contribution is -2.38. The quantitative estimate of drug-likeness (QED) is 0.630. The topological polar surface area (TPSA) is 57.7 Å². The summed E-state index contributed by atoms with van der Waals surface area (Å²) in [6, 6.07) is 0.0298. The molecule has 6 heteroatoms. The van der Waals surface area contributed by atoms with E-state index in [2.05, 4.69) is 0 Å². The molecule has 0 aliphatic carbocycles. The Kier molecular flexibility index (Phi) is 3.16. The summed E-state index contributed by atoms with van der Waals surface area (Å²) in [5.41, 5.74) is 0. The van der Waals surface area contributed by atoms with Gasteiger partial charge in [-0.2, -0.15) is 0 Å². The molecule has 0 bridgehead atoms. The number of carbonyl (C=O) groups excluding carboxylic acids is 1. The Morgan fingerprint density at radius 3 is 2.43 bits per heavy atom. The lowest BCUT2D eigenvalue weighted by atomic mass is 10.2. The Morgan fingerprint density at radius 2 is 2.07 bits per heavy atom. The molecule has 1 aliphatic heterocycles. The molecule has 14 heavy (non-hydrogen) atoms. The SMILES string of the molecule is CC(=O)N(C)C1CCN(S(C)(=O)=O)C1. The molecule has 1 atom stereocenters. The van der Waals surface area contributed by atoms with Gasteiger partial charge in [0.15, 0.2) is 0 Å². The van der Waals surface area contributed by atoms with E-state index < -0.39 is 10.0 Å². The summed E-state index contributed by atoms with van der Waals surface area (Å²) in [7, 11) is -1.39. The zero-order valence-electron chi connectivity index (χ0n) is 8.73. The third kappa shape index (κ3) is 2.45. The molecule has 1 saturated heterocycles. The van der Waals surface area contributed by atoms with Crippen molar-refractivity contribution in [3.05, 3.63) is 0 Å². The maximum Gasteiger partial charge on any atom is 0.219 e. The fraction of sp³-hybridized carbons (Fsp3) is 0.875. The van der Waals surface area contributed by atoms with Crippen LogP contribution in [0.3, 0.4) is 0 Å². The minimum Gasteiger partial charge on any atom is -0.342 e. The normalized spacial score (nSPS) is 23.8. The van der Waals surface area contributed by atoms with Crippen molar-refractivity contribution >= 4 is 15.9 Å². The van der Waals surface area contributed by atoms with Gasteiger partial charge < -0.3 is 4.90 Å².